The number of aliphatic hydroxyl groups is 1. The Morgan fingerprint density at radius 3 is 2.41 bits per heavy atom. The van der Waals surface area contributed by atoms with Gasteiger partial charge >= 0.3 is 0 Å². The zero-order valence-electron chi connectivity index (χ0n) is 21.5. The molecule has 0 saturated carbocycles. The number of hydrogen-bond acceptors (Lipinski definition) is 4. The number of ketones is 1. The quantitative estimate of drug-likeness (QED) is 0.201. The minimum absolute atomic E-state index is 0.0736. The molecule has 6 nitrogen and oxygen atoms in total. The first-order chi connectivity index (χ1) is 17.8. The smallest absolute Gasteiger partial charge is 0.300 e. The fraction of sp³-hybridized carbons (Fsp3) is 0.226. The number of nitrogens with zero attached hydrogens (tertiary/aromatic N) is 2. The molecule has 1 aliphatic rings. The van der Waals surface area contributed by atoms with Crippen LogP contribution in [-0.2, 0) is 23.1 Å². The number of carbonyl (C=O) groups excluding carboxylic acids is 2. The van der Waals surface area contributed by atoms with Crippen molar-refractivity contribution in [3.63, 3.8) is 0 Å². The SMILES string of the molecule is CCOc1ccc(/C(O)=C2\C(=O)C(=O)N(c3ccc(CC)cc3)C2c2cn(C)c3ccccc23)cc1C. The fourth-order valence-corrected chi connectivity index (χ4v) is 5.15. The van der Waals surface area contributed by atoms with Crippen molar-refractivity contribution in [2.75, 3.05) is 11.5 Å². The summed E-state index contributed by atoms with van der Waals surface area (Å²) in [5.41, 5.74) is 4.86. The molecule has 0 radical (unpaired) electrons. The van der Waals surface area contributed by atoms with Gasteiger partial charge in [0.15, 0.2) is 0 Å². The van der Waals surface area contributed by atoms with Gasteiger partial charge in [0.1, 0.15) is 11.5 Å². The number of anilines is 1. The number of aryl methyl sites for hydroxylation is 3. The van der Waals surface area contributed by atoms with E-state index in [1.54, 1.807) is 18.2 Å². The van der Waals surface area contributed by atoms with E-state index in [9.17, 15) is 14.7 Å². The number of rotatable bonds is 6. The Morgan fingerprint density at radius 2 is 1.73 bits per heavy atom. The van der Waals surface area contributed by atoms with Crippen LogP contribution in [0.1, 0.15) is 42.1 Å². The second kappa shape index (κ2) is 9.62. The van der Waals surface area contributed by atoms with Crippen molar-refractivity contribution in [3.05, 3.63) is 101 Å². The maximum atomic E-state index is 13.6. The molecule has 3 aromatic carbocycles. The third-order valence-corrected chi connectivity index (χ3v) is 7.04. The monoisotopic (exact) mass is 494 g/mol. The van der Waals surface area contributed by atoms with E-state index in [1.807, 2.05) is 80.2 Å². The first-order valence-corrected chi connectivity index (χ1v) is 12.5. The summed E-state index contributed by atoms with van der Waals surface area (Å²) in [4.78, 5) is 28.6. The second-order valence-corrected chi connectivity index (χ2v) is 9.31. The molecule has 1 aromatic heterocycles. The normalized spacial score (nSPS) is 17.1. The number of fused-ring (bicyclic) bond motifs is 1. The first kappa shape index (κ1) is 24.4. The Bertz CT molecular complexity index is 1550. The zero-order valence-corrected chi connectivity index (χ0v) is 21.5. The minimum Gasteiger partial charge on any atom is -0.507 e. The van der Waals surface area contributed by atoms with Gasteiger partial charge in [0, 0.05) is 41.0 Å². The van der Waals surface area contributed by atoms with Gasteiger partial charge in [-0.3, -0.25) is 14.5 Å². The second-order valence-electron chi connectivity index (χ2n) is 9.31. The van der Waals surface area contributed by atoms with Crippen LogP contribution in [0, 0.1) is 6.92 Å². The molecule has 1 aliphatic heterocycles. The summed E-state index contributed by atoms with van der Waals surface area (Å²) >= 11 is 0. The number of benzene rings is 3. The largest absolute Gasteiger partial charge is 0.507 e. The van der Waals surface area contributed by atoms with Gasteiger partial charge in [-0.25, -0.2) is 0 Å². The zero-order chi connectivity index (χ0) is 26.3. The fourth-order valence-electron chi connectivity index (χ4n) is 5.15. The number of carbonyl (C=O) groups is 2. The van der Waals surface area contributed by atoms with Gasteiger partial charge in [-0.1, -0.05) is 37.3 Å². The van der Waals surface area contributed by atoms with E-state index < -0.39 is 17.7 Å². The lowest BCUT2D eigenvalue weighted by molar-refractivity contribution is -0.132. The summed E-state index contributed by atoms with van der Waals surface area (Å²) in [6.07, 6.45) is 2.80. The number of hydrogen-bond donors (Lipinski definition) is 1. The van der Waals surface area contributed by atoms with Crippen LogP contribution in [0.3, 0.4) is 0 Å². The van der Waals surface area contributed by atoms with Crippen LogP contribution in [0.25, 0.3) is 16.7 Å². The Balaban J connectivity index is 1.75. The molecule has 2 heterocycles. The molecule has 0 bridgehead atoms. The number of ether oxygens (including phenoxy) is 1. The van der Waals surface area contributed by atoms with Crippen molar-refractivity contribution in [2.45, 2.75) is 33.2 Å². The predicted molar refractivity (Wildman–Crippen MR) is 146 cm³/mol. The predicted octanol–water partition coefficient (Wildman–Crippen LogP) is 6.07. The highest BCUT2D eigenvalue weighted by molar-refractivity contribution is 6.51. The molecule has 0 aliphatic carbocycles. The molecule has 1 amide bonds. The van der Waals surface area contributed by atoms with Gasteiger partial charge in [-0.15, -0.1) is 0 Å². The van der Waals surface area contributed by atoms with Gasteiger partial charge in [0.2, 0.25) is 0 Å². The van der Waals surface area contributed by atoms with E-state index in [0.717, 1.165) is 34.0 Å². The van der Waals surface area contributed by atoms with Crippen LogP contribution in [0.5, 0.6) is 5.75 Å². The standard InChI is InChI=1S/C31H30N2O4/c1-5-20-11-14-22(15-12-20)33-28(24-18-32(4)25-10-8-7-9-23(24)25)27(30(35)31(33)36)29(34)21-13-16-26(37-6-2)19(3)17-21/h7-18,28,34H,5-6H2,1-4H3/b29-27+. The first-order valence-electron chi connectivity index (χ1n) is 12.5. The van der Waals surface area contributed by atoms with E-state index in [2.05, 4.69) is 6.92 Å². The molecule has 0 spiro atoms. The summed E-state index contributed by atoms with van der Waals surface area (Å²) in [7, 11) is 1.93. The highest BCUT2D eigenvalue weighted by Crippen LogP contribution is 2.44. The molecular formula is C31H30N2O4. The van der Waals surface area contributed by atoms with Crippen LogP contribution < -0.4 is 9.64 Å². The Hall–Kier alpha value is -4.32. The van der Waals surface area contributed by atoms with Gasteiger partial charge in [-0.2, -0.15) is 0 Å². The van der Waals surface area contributed by atoms with Gasteiger partial charge in [0.05, 0.1) is 18.2 Å². The molecule has 1 fully saturated rings. The van der Waals surface area contributed by atoms with Crippen molar-refractivity contribution in [2.24, 2.45) is 7.05 Å². The summed E-state index contributed by atoms with van der Waals surface area (Å²) in [5, 5.41) is 12.5. The lowest BCUT2D eigenvalue weighted by Gasteiger charge is -2.25. The summed E-state index contributed by atoms with van der Waals surface area (Å²) in [6.45, 7) is 6.38. The average molecular weight is 495 g/mol. The van der Waals surface area contributed by atoms with Crippen molar-refractivity contribution in [1.29, 1.82) is 0 Å². The lowest BCUT2D eigenvalue weighted by Crippen LogP contribution is -2.29. The minimum atomic E-state index is -0.787. The van der Waals surface area contributed by atoms with E-state index in [1.165, 1.54) is 4.90 Å². The maximum Gasteiger partial charge on any atom is 0.300 e. The van der Waals surface area contributed by atoms with E-state index in [0.29, 0.717) is 23.6 Å². The summed E-state index contributed by atoms with van der Waals surface area (Å²) < 4.78 is 7.62. The highest BCUT2D eigenvalue weighted by atomic mass is 16.5. The summed E-state index contributed by atoms with van der Waals surface area (Å²) in [5.74, 6) is -0.857. The lowest BCUT2D eigenvalue weighted by atomic mass is 9.94. The molecule has 1 saturated heterocycles. The third kappa shape index (κ3) is 4.08. The molecule has 1 unspecified atom stereocenters. The van der Waals surface area contributed by atoms with E-state index >= 15 is 0 Å². The topological polar surface area (TPSA) is 71.8 Å². The Labute approximate surface area is 216 Å². The van der Waals surface area contributed by atoms with Crippen molar-refractivity contribution < 1.29 is 19.4 Å². The maximum absolute atomic E-state index is 13.6. The van der Waals surface area contributed by atoms with Gasteiger partial charge in [0.25, 0.3) is 11.7 Å². The number of aliphatic hydroxyl groups excluding tert-OH is 1. The number of amides is 1. The Morgan fingerprint density at radius 1 is 1.00 bits per heavy atom. The van der Waals surface area contributed by atoms with Crippen LogP contribution in [0.15, 0.2) is 78.5 Å². The number of aromatic nitrogens is 1. The third-order valence-electron chi connectivity index (χ3n) is 7.04. The van der Waals surface area contributed by atoms with Crippen molar-refractivity contribution >= 4 is 34.0 Å². The molecule has 1 N–H and O–H groups in total. The van der Waals surface area contributed by atoms with Crippen molar-refractivity contribution in [3.8, 4) is 5.75 Å². The molecule has 188 valence electrons. The van der Waals surface area contributed by atoms with Gasteiger partial charge in [-0.05, 0) is 67.8 Å². The highest BCUT2D eigenvalue weighted by Gasteiger charge is 2.47. The van der Waals surface area contributed by atoms with E-state index in [4.69, 9.17) is 4.74 Å². The van der Waals surface area contributed by atoms with Gasteiger partial charge < -0.3 is 14.4 Å². The van der Waals surface area contributed by atoms with Crippen molar-refractivity contribution in [1.82, 2.24) is 4.57 Å². The molecular weight excluding hydrogens is 464 g/mol. The number of Topliss-reactive ketones (excluding diaryl/α,β-unsaturated/α-hetero) is 1. The van der Waals surface area contributed by atoms with Crippen LogP contribution >= 0.6 is 0 Å². The summed E-state index contributed by atoms with van der Waals surface area (Å²) in [6, 6.07) is 20.0. The average Bonchev–Trinajstić information content (AvgIpc) is 3.38. The van der Waals surface area contributed by atoms with Crippen LogP contribution in [0.2, 0.25) is 0 Å². The van der Waals surface area contributed by atoms with E-state index in [-0.39, 0.29) is 11.3 Å². The molecule has 5 rings (SSSR count). The molecule has 1 atom stereocenters. The Kier molecular flexibility index (Phi) is 6.34. The van der Waals surface area contributed by atoms with Crippen LogP contribution in [-0.4, -0.2) is 28.0 Å². The molecule has 6 heteroatoms. The van der Waals surface area contributed by atoms with Crippen LogP contribution in [0.4, 0.5) is 5.69 Å². The molecule has 4 aromatic rings. The molecule has 37 heavy (non-hydrogen) atoms. The number of para-hydroxylation sites is 1.